The van der Waals surface area contributed by atoms with Crippen molar-refractivity contribution >= 4 is 5.91 Å². The summed E-state index contributed by atoms with van der Waals surface area (Å²) in [6.07, 6.45) is 0. The van der Waals surface area contributed by atoms with Gasteiger partial charge in [0.2, 0.25) is 0 Å². The third kappa shape index (κ3) is 6.76. The van der Waals surface area contributed by atoms with Crippen LogP contribution in [0.2, 0.25) is 0 Å². The highest BCUT2D eigenvalue weighted by Gasteiger charge is 2.32. The summed E-state index contributed by atoms with van der Waals surface area (Å²) in [6, 6.07) is 17.3. The van der Waals surface area contributed by atoms with Crippen LogP contribution in [0.15, 0.2) is 54.6 Å². The summed E-state index contributed by atoms with van der Waals surface area (Å²) in [5.41, 5.74) is 1.09. The van der Waals surface area contributed by atoms with Crippen LogP contribution in [0.3, 0.4) is 0 Å². The Balaban J connectivity index is 1.38. The quantitative estimate of drug-likeness (QED) is 0.670. The van der Waals surface area contributed by atoms with Crippen molar-refractivity contribution in [3.8, 4) is 11.5 Å². The van der Waals surface area contributed by atoms with E-state index in [9.17, 15) is 4.79 Å². The van der Waals surface area contributed by atoms with Crippen LogP contribution in [-0.2, 0) is 16.1 Å². The van der Waals surface area contributed by atoms with E-state index in [2.05, 4.69) is 19.2 Å². The Morgan fingerprint density at radius 1 is 1.00 bits per heavy atom. The molecule has 6 heteroatoms. The van der Waals surface area contributed by atoms with E-state index in [4.69, 9.17) is 14.2 Å². The summed E-state index contributed by atoms with van der Waals surface area (Å²) in [7, 11) is 0. The van der Waals surface area contributed by atoms with Crippen LogP contribution in [-0.4, -0.2) is 50.9 Å². The van der Waals surface area contributed by atoms with Crippen LogP contribution in [0, 0.1) is 0 Å². The number of nitrogens with one attached hydrogen (secondary N) is 2. The molecule has 2 N–H and O–H groups in total. The van der Waals surface area contributed by atoms with E-state index < -0.39 is 0 Å². The van der Waals surface area contributed by atoms with Gasteiger partial charge in [0.15, 0.2) is 6.61 Å². The molecule has 29 heavy (non-hydrogen) atoms. The van der Waals surface area contributed by atoms with Crippen LogP contribution in [0.25, 0.3) is 0 Å². The maximum atomic E-state index is 12.2. The first-order chi connectivity index (χ1) is 14.0. The van der Waals surface area contributed by atoms with E-state index >= 15 is 0 Å². The number of hydrogen-bond acceptors (Lipinski definition) is 4. The third-order valence-corrected chi connectivity index (χ3v) is 5.22. The minimum Gasteiger partial charge on any atom is -0.489 e. The number of rotatable bonds is 9. The molecule has 0 saturated carbocycles. The zero-order valence-electron chi connectivity index (χ0n) is 17.3. The number of carbonyl (C=O) groups is 1. The minimum atomic E-state index is -0.116. The molecule has 6 nitrogen and oxygen atoms in total. The molecular formula is C23H31N2O4+. The Hall–Kier alpha value is -2.57. The summed E-state index contributed by atoms with van der Waals surface area (Å²) < 4.78 is 16.8. The first-order valence-corrected chi connectivity index (χ1v) is 10.1. The van der Waals surface area contributed by atoms with E-state index in [-0.39, 0.29) is 18.1 Å². The zero-order valence-corrected chi connectivity index (χ0v) is 17.3. The number of morpholine rings is 1. The predicted molar refractivity (Wildman–Crippen MR) is 111 cm³/mol. The lowest BCUT2D eigenvalue weighted by atomic mass is 10.0. The summed E-state index contributed by atoms with van der Waals surface area (Å²) in [5.74, 6) is 1.29. The average molecular weight is 400 g/mol. The van der Waals surface area contributed by atoms with Crippen molar-refractivity contribution in [1.82, 2.24) is 5.32 Å². The molecule has 2 aromatic carbocycles. The maximum absolute atomic E-state index is 12.2. The number of carbonyl (C=O) groups excluding carboxylic acids is 1. The van der Waals surface area contributed by atoms with Gasteiger partial charge in [0.05, 0.1) is 19.8 Å². The van der Waals surface area contributed by atoms with Crippen molar-refractivity contribution in [2.45, 2.75) is 26.0 Å². The van der Waals surface area contributed by atoms with Gasteiger partial charge in [0.25, 0.3) is 5.91 Å². The molecule has 1 saturated heterocycles. The van der Waals surface area contributed by atoms with Gasteiger partial charge < -0.3 is 24.4 Å². The molecule has 0 atom stereocenters. The Kier molecular flexibility index (Phi) is 7.49. The van der Waals surface area contributed by atoms with Gasteiger partial charge in [-0.1, -0.05) is 30.3 Å². The van der Waals surface area contributed by atoms with Gasteiger partial charge in [0.1, 0.15) is 36.7 Å². The summed E-state index contributed by atoms with van der Waals surface area (Å²) in [6.45, 7) is 8.96. The Morgan fingerprint density at radius 3 is 2.28 bits per heavy atom. The van der Waals surface area contributed by atoms with Crippen molar-refractivity contribution in [1.29, 1.82) is 0 Å². The molecule has 2 aromatic rings. The maximum Gasteiger partial charge on any atom is 0.258 e. The van der Waals surface area contributed by atoms with E-state index in [1.807, 2.05) is 54.6 Å². The molecule has 1 aliphatic rings. The van der Waals surface area contributed by atoms with E-state index in [1.165, 1.54) is 4.90 Å². The van der Waals surface area contributed by atoms with E-state index in [0.717, 1.165) is 37.6 Å². The van der Waals surface area contributed by atoms with Gasteiger partial charge in [-0.25, -0.2) is 0 Å². The van der Waals surface area contributed by atoms with Crippen LogP contribution >= 0.6 is 0 Å². The fourth-order valence-electron chi connectivity index (χ4n) is 3.31. The third-order valence-electron chi connectivity index (χ3n) is 5.22. The second kappa shape index (κ2) is 10.3. The molecule has 1 amide bonds. The number of hydrogen-bond donors (Lipinski definition) is 2. The highest BCUT2D eigenvalue weighted by atomic mass is 16.5. The van der Waals surface area contributed by atoms with Crippen molar-refractivity contribution in [2.75, 3.05) is 39.5 Å². The highest BCUT2D eigenvalue weighted by molar-refractivity contribution is 5.77. The van der Waals surface area contributed by atoms with E-state index in [0.29, 0.717) is 18.9 Å². The molecule has 0 aromatic heterocycles. The monoisotopic (exact) mass is 399 g/mol. The van der Waals surface area contributed by atoms with Crippen molar-refractivity contribution in [2.24, 2.45) is 0 Å². The second-order valence-electron chi connectivity index (χ2n) is 7.91. The van der Waals surface area contributed by atoms with Crippen molar-refractivity contribution in [3.63, 3.8) is 0 Å². The molecule has 0 spiro atoms. The first kappa shape index (κ1) is 21.1. The molecule has 0 bridgehead atoms. The Labute approximate surface area is 172 Å². The lowest BCUT2D eigenvalue weighted by Gasteiger charge is -2.37. The summed E-state index contributed by atoms with van der Waals surface area (Å²) >= 11 is 0. The smallest absolute Gasteiger partial charge is 0.258 e. The molecule has 1 heterocycles. The topological polar surface area (TPSA) is 61.2 Å². The molecule has 156 valence electrons. The number of benzene rings is 2. The zero-order chi connectivity index (χ0) is 20.5. The molecule has 0 unspecified atom stereocenters. The standard InChI is InChI=1S/C23H30N2O4/c1-23(2,25-12-14-27-15-13-25)18-24-22(26)17-29-21-10-8-20(9-11-21)28-16-19-6-4-3-5-7-19/h3-11H,12-18H2,1-2H3,(H,24,26)/p+1. The van der Waals surface area contributed by atoms with Gasteiger partial charge >= 0.3 is 0 Å². The second-order valence-corrected chi connectivity index (χ2v) is 7.91. The lowest BCUT2D eigenvalue weighted by Crippen LogP contribution is -3.22. The number of quaternary nitrogens is 1. The molecule has 1 aliphatic heterocycles. The van der Waals surface area contributed by atoms with Gasteiger partial charge in [-0.2, -0.15) is 0 Å². The summed E-state index contributed by atoms with van der Waals surface area (Å²) in [5, 5.41) is 2.99. The van der Waals surface area contributed by atoms with Crippen molar-refractivity contribution < 1.29 is 23.9 Å². The summed E-state index contributed by atoms with van der Waals surface area (Å²) in [4.78, 5) is 13.6. The number of amides is 1. The van der Waals surface area contributed by atoms with Crippen LogP contribution in [0.1, 0.15) is 19.4 Å². The van der Waals surface area contributed by atoms with Crippen LogP contribution in [0.5, 0.6) is 11.5 Å². The Morgan fingerprint density at radius 2 is 1.62 bits per heavy atom. The first-order valence-electron chi connectivity index (χ1n) is 10.1. The lowest BCUT2D eigenvalue weighted by molar-refractivity contribution is -0.954. The SMILES string of the molecule is CC(C)(CNC(=O)COc1ccc(OCc2ccccc2)cc1)[NH+]1CCOCC1. The normalized spacial score (nSPS) is 15.0. The largest absolute Gasteiger partial charge is 0.489 e. The van der Waals surface area contributed by atoms with Crippen molar-refractivity contribution in [3.05, 3.63) is 60.2 Å². The van der Waals surface area contributed by atoms with Gasteiger partial charge in [-0.15, -0.1) is 0 Å². The molecule has 0 aliphatic carbocycles. The Bertz CT molecular complexity index is 756. The predicted octanol–water partition coefficient (Wildman–Crippen LogP) is 1.45. The van der Waals surface area contributed by atoms with Gasteiger partial charge in [0, 0.05) is 0 Å². The van der Waals surface area contributed by atoms with Crippen LogP contribution in [0.4, 0.5) is 0 Å². The fraction of sp³-hybridized carbons (Fsp3) is 0.435. The molecule has 3 rings (SSSR count). The van der Waals surface area contributed by atoms with Crippen LogP contribution < -0.4 is 19.7 Å². The highest BCUT2D eigenvalue weighted by Crippen LogP contribution is 2.18. The van der Waals surface area contributed by atoms with Gasteiger partial charge in [-0.05, 0) is 43.7 Å². The number of ether oxygens (including phenoxy) is 3. The average Bonchev–Trinajstić information content (AvgIpc) is 2.77. The minimum absolute atomic E-state index is 0.00125. The van der Waals surface area contributed by atoms with Gasteiger partial charge in [-0.3, -0.25) is 4.79 Å². The van der Waals surface area contributed by atoms with E-state index in [1.54, 1.807) is 0 Å². The molecular weight excluding hydrogens is 368 g/mol. The fourth-order valence-corrected chi connectivity index (χ4v) is 3.31. The molecule has 1 fully saturated rings. The molecule has 0 radical (unpaired) electrons.